The third-order valence-electron chi connectivity index (χ3n) is 4.00. The largest absolute Gasteiger partial charge is 0.487 e. The lowest BCUT2D eigenvalue weighted by molar-refractivity contribution is 0.00195. The van der Waals surface area contributed by atoms with E-state index in [1.54, 1.807) is 0 Å². The van der Waals surface area contributed by atoms with Crippen LogP contribution < -0.4 is 10.5 Å². The van der Waals surface area contributed by atoms with Crippen molar-refractivity contribution in [2.45, 2.75) is 50.2 Å². The van der Waals surface area contributed by atoms with Crippen LogP contribution in [0.3, 0.4) is 0 Å². The molecule has 1 aliphatic heterocycles. The number of hydrogen-bond acceptors (Lipinski definition) is 2. The fourth-order valence-corrected chi connectivity index (χ4v) is 3.17. The smallest absolute Gasteiger partial charge is 0.124 e. The number of fused-ring (bicyclic) bond motifs is 1. The van der Waals surface area contributed by atoms with E-state index in [0.29, 0.717) is 0 Å². The molecule has 1 heterocycles. The van der Waals surface area contributed by atoms with Crippen molar-refractivity contribution >= 4 is 12.4 Å². The van der Waals surface area contributed by atoms with Crippen LogP contribution in [0.4, 0.5) is 0 Å². The molecule has 2 N–H and O–H groups in total. The van der Waals surface area contributed by atoms with Crippen LogP contribution >= 0.6 is 12.4 Å². The van der Waals surface area contributed by atoms with Gasteiger partial charge in [-0.2, -0.15) is 0 Å². The summed E-state index contributed by atoms with van der Waals surface area (Å²) >= 11 is 0. The van der Waals surface area contributed by atoms with Crippen LogP contribution in [-0.4, -0.2) is 5.60 Å². The molecule has 1 saturated carbocycles. The van der Waals surface area contributed by atoms with Gasteiger partial charge in [-0.05, 0) is 31.7 Å². The summed E-state index contributed by atoms with van der Waals surface area (Å²) in [7, 11) is 0. The van der Waals surface area contributed by atoms with E-state index in [-0.39, 0.29) is 24.0 Å². The van der Waals surface area contributed by atoms with E-state index in [1.165, 1.54) is 37.7 Å². The average molecular weight is 254 g/mol. The Bertz CT molecular complexity index is 388. The summed E-state index contributed by atoms with van der Waals surface area (Å²) in [6.07, 6.45) is 7.26. The van der Waals surface area contributed by atoms with Crippen molar-refractivity contribution in [3.63, 3.8) is 0 Å². The summed E-state index contributed by atoms with van der Waals surface area (Å²) in [6.45, 7) is 0. The molecule has 1 aromatic carbocycles. The van der Waals surface area contributed by atoms with E-state index in [9.17, 15) is 0 Å². The van der Waals surface area contributed by atoms with Gasteiger partial charge in [0.1, 0.15) is 11.4 Å². The van der Waals surface area contributed by atoms with Gasteiger partial charge >= 0.3 is 0 Å². The molecule has 1 atom stereocenters. The Kier molecular flexibility index (Phi) is 3.64. The minimum Gasteiger partial charge on any atom is -0.487 e. The molecule has 2 nitrogen and oxygen atoms in total. The molecule has 0 aromatic heterocycles. The lowest BCUT2D eigenvalue weighted by Gasteiger charge is -2.43. The predicted molar refractivity (Wildman–Crippen MR) is 71.7 cm³/mol. The van der Waals surface area contributed by atoms with Gasteiger partial charge in [0.05, 0.1) is 0 Å². The fourth-order valence-electron chi connectivity index (χ4n) is 3.17. The number of nitrogens with two attached hydrogens (primary N) is 1. The molecule has 3 rings (SSSR count). The molecule has 0 bridgehead atoms. The third kappa shape index (κ3) is 2.29. The Morgan fingerprint density at radius 2 is 1.82 bits per heavy atom. The molecule has 3 heteroatoms. The van der Waals surface area contributed by atoms with Crippen LogP contribution in [0.2, 0.25) is 0 Å². The van der Waals surface area contributed by atoms with E-state index in [2.05, 4.69) is 12.1 Å². The second kappa shape index (κ2) is 4.87. The number of ether oxygens (including phenoxy) is 1. The first kappa shape index (κ1) is 12.7. The third-order valence-corrected chi connectivity index (χ3v) is 4.00. The van der Waals surface area contributed by atoms with Gasteiger partial charge in [0.15, 0.2) is 0 Å². The zero-order valence-corrected chi connectivity index (χ0v) is 10.8. The van der Waals surface area contributed by atoms with Gasteiger partial charge in [-0.25, -0.2) is 0 Å². The van der Waals surface area contributed by atoms with Gasteiger partial charge < -0.3 is 10.5 Å². The molecule has 1 spiro atoms. The van der Waals surface area contributed by atoms with Crippen LogP contribution in [0.5, 0.6) is 5.75 Å². The Balaban J connectivity index is 0.00000108. The van der Waals surface area contributed by atoms with Crippen molar-refractivity contribution in [1.29, 1.82) is 0 Å². The normalized spacial score (nSPS) is 25.6. The maximum atomic E-state index is 6.27. The van der Waals surface area contributed by atoms with Crippen molar-refractivity contribution in [2.24, 2.45) is 5.73 Å². The second-order valence-corrected chi connectivity index (χ2v) is 5.19. The van der Waals surface area contributed by atoms with E-state index in [0.717, 1.165) is 12.2 Å². The van der Waals surface area contributed by atoms with Crippen LogP contribution in [0.25, 0.3) is 0 Å². The number of rotatable bonds is 0. The molecular formula is C14H20ClNO. The topological polar surface area (TPSA) is 35.2 Å². The monoisotopic (exact) mass is 253 g/mol. The van der Waals surface area contributed by atoms with Crippen molar-refractivity contribution in [3.8, 4) is 5.75 Å². The highest BCUT2D eigenvalue weighted by atomic mass is 35.5. The molecule has 1 aliphatic carbocycles. The highest BCUT2D eigenvalue weighted by Crippen LogP contribution is 2.44. The lowest BCUT2D eigenvalue weighted by atomic mass is 9.77. The summed E-state index contributed by atoms with van der Waals surface area (Å²) in [6, 6.07) is 8.39. The van der Waals surface area contributed by atoms with Gasteiger partial charge in [-0.1, -0.05) is 24.6 Å². The van der Waals surface area contributed by atoms with Crippen LogP contribution in [-0.2, 0) is 0 Å². The van der Waals surface area contributed by atoms with Gasteiger partial charge in [0.2, 0.25) is 0 Å². The zero-order valence-electron chi connectivity index (χ0n) is 10.0. The highest BCUT2D eigenvalue weighted by Gasteiger charge is 2.40. The number of para-hydroxylation sites is 1. The fraction of sp³-hybridized carbons (Fsp3) is 0.571. The molecule has 94 valence electrons. The molecule has 0 radical (unpaired) electrons. The standard InChI is InChI=1S/C14H19NO.ClH/c15-12-10-14(8-4-1-5-9-14)16-13-7-3-2-6-11(12)13;/h2-3,6-7,12H,1,4-5,8-10,15H2;1H. The van der Waals surface area contributed by atoms with Crippen molar-refractivity contribution in [2.75, 3.05) is 0 Å². The zero-order chi connectivity index (χ0) is 11.0. The average Bonchev–Trinajstić information content (AvgIpc) is 2.30. The van der Waals surface area contributed by atoms with Gasteiger partial charge in [-0.3, -0.25) is 0 Å². The van der Waals surface area contributed by atoms with Crippen LogP contribution in [0.15, 0.2) is 24.3 Å². The maximum absolute atomic E-state index is 6.27. The Hall–Kier alpha value is -0.730. The Labute approximate surface area is 109 Å². The van der Waals surface area contributed by atoms with E-state index in [4.69, 9.17) is 10.5 Å². The summed E-state index contributed by atoms with van der Waals surface area (Å²) in [5, 5.41) is 0. The first-order valence-corrected chi connectivity index (χ1v) is 6.33. The van der Waals surface area contributed by atoms with Crippen molar-refractivity contribution in [1.82, 2.24) is 0 Å². The summed E-state index contributed by atoms with van der Waals surface area (Å²) < 4.78 is 6.25. The molecule has 1 fully saturated rings. The molecular weight excluding hydrogens is 234 g/mol. The van der Waals surface area contributed by atoms with E-state index in [1.807, 2.05) is 12.1 Å². The summed E-state index contributed by atoms with van der Waals surface area (Å²) in [5.74, 6) is 1.02. The van der Waals surface area contributed by atoms with Gasteiger partial charge in [-0.15, -0.1) is 12.4 Å². The minimum atomic E-state index is 0. The van der Waals surface area contributed by atoms with Crippen LogP contribution in [0, 0.1) is 0 Å². The first-order chi connectivity index (χ1) is 7.79. The molecule has 2 aliphatic rings. The lowest BCUT2D eigenvalue weighted by Crippen LogP contribution is -2.44. The first-order valence-electron chi connectivity index (χ1n) is 6.33. The molecule has 0 amide bonds. The summed E-state index contributed by atoms with van der Waals surface area (Å²) in [5.41, 5.74) is 7.50. The molecule has 1 unspecified atom stereocenters. The summed E-state index contributed by atoms with van der Waals surface area (Å²) in [4.78, 5) is 0. The quantitative estimate of drug-likeness (QED) is 0.767. The number of benzene rings is 1. The Morgan fingerprint density at radius 3 is 2.59 bits per heavy atom. The van der Waals surface area contributed by atoms with Gasteiger partial charge in [0, 0.05) is 18.0 Å². The van der Waals surface area contributed by atoms with Gasteiger partial charge in [0.25, 0.3) is 0 Å². The minimum absolute atomic E-state index is 0. The molecule has 0 saturated heterocycles. The molecule has 1 aromatic rings. The predicted octanol–water partition coefficient (Wildman–Crippen LogP) is 3.59. The maximum Gasteiger partial charge on any atom is 0.124 e. The van der Waals surface area contributed by atoms with E-state index >= 15 is 0 Å². The van der Waals surface area contributed by atoms with Crippen molar-refractivity contribution < 1.29 is 4.74 Å². The molecule has 17 heavy (non-hydrogen) atoms. The van der Waals surface area contributed by atoms with Crippen molar-refractivity contribution in [3.05, 3.63) is 29.8 Å². The van der Waals surface area contributed by atoms with Crippen LogP contribution in [0.1, 0.15) is 50.1 Å². The number of halogens is 1. The SMILES string of the molecule is Cl.NC1CC2(CCCCC2)Oc2ccccc21. The van der Waals surface area contributed by atoms with E-state index < -0.39 is 0 Å². The highest BCUT2D eigenvalue weighted by molar-refractivity contribution is 5.85. The second-order valence-electron chi connectivity index (χ2n) is 5.19. The Morgan fingerprint density at radius 1 is 1.12 bits per heavy atom. The number of hydrogen-bond donors (Lipinski definition) is 1.